The Balaban J connectivity index is 2.15. The fourth-order valence-electron chi connectivity index (χ4n) is 2.03. The molecule has 3 rings (SSSR count). The van der Waals surface area contributed by atoms with Crippen molar-refractivity contribution in [2.45, 2.75) is 6.92 Å². The van der Waals surface area contributed by atoms with E-state index >= 15 is 0 Å². The van der Waals surface area contributed by atoms with Gasteiger partial charge in [-0.2, -0.15) is 0 Å². The molecular weight excluding hydrogens is 374 g/mol. The summed E-state index contributed by atoms with van der Waals surface area (Å²) < 4.78 is 7.25. The van der Waals surface area contributed by atoms with Gasteiger partial charge < -0.3 is 9.73 Å². The first-order chi connectivity index (χ1) is 9.04. The summed E-state index contributed by atoms with van der Waals surface area (Å²) in [6, 6.07) is 7.54. The van der Waals surface area contributed by atoms with Gasteiger partial charge in [-0.25, -0.2) is 0 Å². The average molecular weight is 383 g/mol. The van der Waals surface area contributed by atoms with Crippen molar-refractivity contribution in [3.8, 4) is 0 Å². The van der Waals surface area contributed by atoms with Crippen LogP contribution in [0.25, 0.3) is 11.6 Å². The number of halogens is 2. The molecule has 1 aliphatic heterocycles. The first-order valence-electron chi connectivity index (χ1n) is 5.63. The Bertz CT molecular complexity index is 716. The van der Waals surface area contributed by atoms with Gasteiger partial charge in [-0.15, -0.1) is 0 Å². The van der Waals surface area contributed by atoms with E-state index in [1.54, 1.807) is 6.08 Å². The van der Waals surface area contributed by atoms with Crippen molar-refractivity contribution >= 4 is 55.1 Å². The summed E-state index contributed by atoms with van der Waals surface area (Å²) in [7, 11) is 0. The Labute approximate surface area is 126 Å². The topological polar surface area (TPSA) is 42.2 Å². The molecule has 0 radical (unpaired) electrons. The van der Waals surface area contributed by atoms with E-state index in [2.05, 4.69) is 37.2 Å². The number of amides is 1. The molecule has 0 bridgehead atoms. The van der Waals surface area contributed by atoms with Crippen LogP contribution >= 0.6 is 31.9 Å². The minimum Gasteiger partial charge on any atom is -0.462 e. The fourth-order valence-corrected chi connectivity index (χ4v) is 3.36. The third-order valence-electron chi connectivity index (χ3n) is 2.88. The first kappa shape index (κ1) is 12.7. The molecule has 1 N–H and O–H groups in total. The zero-order valence-corrected chi connectivity index (χ0v) is 13.1. The summed E-state index contributed by atoms with van der Waals surface area (Å²) >= 11 is 6.88. The Morgan fingerprint density at radius 1 is 1.26 bits per heavy atom. The lowest BCUT2D eigenvalue weighted by Crippen LogP contribution is -2.03. The van der Waals surface area contributed by atoms with Gasteiger partial charge >= 0.3 is 0 Å². The van der Waals surface area contributed by atoms with Crippen LogP contribution in [-0.4, -0.2) is 5.91 Å². The van der Waals surface area contributed by atoms with E-state index in [1.807, 2.05) is 31.2 Å². The quantitative estimate of drug-likeness (QED) is 0.732. The SMILES string of the molecule is Cc1ccc(/C=C2\C(=O)Nc3c(Br)cc(Br)cc32)o1. The maximum Gasteiger partial charge on any atom is 0.256 e. The minimum atomic E-state index is -0.122. The van der Waals surface area contributed by atoms with Crippen LogP contribution in [0.3, 0.4) is 0 Å². The second-order valence-electron chi connectivity index (χ2n) is 4.27. The summed E-state index contributed by atoms with van der Waals surface area (Å²) in [5.41, 5.74) is 2.26. The molecule has 0 unspecified atom stereocenters. The Hall–Kier alpha value is -1.33. The monoisotopic (exact) mass is 381 g/mol. The van der Waals surface area contributed by atoms with Gasteiger partial charge in [-0.05, 0) is 53.2 Å². The first-order valence-corrected chi connectivity index (χ1v) is 7.22. The number of carbonyl (C=O) groups is 1. The van der Waals surface area contributed by atoms with Crippen LogP contribution in [-0.2, 0) is 4.79 Å². The smallest absolute Gasteiger partial charge is 0.256 e. The van der Waals surface area contributed by atoms with E-state index < -0.39 is 0 Å². The lowest BCUT2D eigenvalue weighted by atomic mass is 10.1. The van der Waals surface area contributed by atoms with Gasteiger partial charge in [0.25, 0.3) is 5.91 Å². The Morgan fingerprint density at radius 3 is 2.74 bits per heavy atom. The van der Waals surface area contributed by atoms with E-state index in [-0.39, 0.29) is 5.91 Å². The van der Waals surface area contributed by atoms with Crippen molar-refractivity contribution in [3.63, 3.8) is 0 Å². The molecule has 3 nitrogen and oxygen atoms in total. The van der Waals surface area contributed by atoms with Crippen LogP contribution in [0.4, 0.5) is 5.69 Å². The highest BCUT2D eigenvalue weighted by molar-refractivity contribution is 9.11. The highest BCUT2D eigenvalue weighted by atomic mass is 79.9. The molecule has 2 heterocycles. The number of rotatable bonds is 1. The lowest BCUT2D eigenvalue weighted by Gasteiger charge is -2.02. The van der Waals surface area contributed by atoms with E-state index in [4.69, 9.17) is 4.42 Å². The predicted octanol–water partition coefficient (Wildman–Crippen LogP) is 4.61. The molecule has 19 heavy (non-hydrogen) atoms. The largest absolute Gasteiger partial charge is 0.462 e. The summed E-state index contributed by atoms with van der Waals surface area (Å²) in [6.45, 7) is 1.87. The molecule has 1 aliphatic rings. The maximum atomic E-state index is 12.0. The molecule has 0 aliphatic carbocycles. The van der Waals surface area contributed by atoms with Gasteiger partial charge in [-0.3, -0.25) is 4.79 Å². The highest BCUT2D eigenvalue weighted by Gasteiger charge is 2.26. The zero-order chi connectivity index (χ0) is 13.6. The van der Waals surface area contributed by atoms with Crippen LogP contribution in [0.2, 0.25) is 0 Å². The summed E-state index contributed by atoms with van der Waals surface area (Å²) in [5, 5.41) is 2.85. The second-order valence-corrected chi connectivity index (χ2v) is 6.04. The molecule has 1 amide bonds. The van der Waals surface area contributed by atoms with E-state index in [0.29, 0.717) is 11.3 Å². The number of fused-ring (bicyclic) bond motifs is 1. The number of hydrogen-bond acceptors (Lipinski definition) is 2. The highest BCUT2D eigenvalue weighted by Crippen LogP contribution is 2.40. The van der Waals surface area contributed by atoms with Gasteiger partial charge in [0.1, 0.15) is 11.5 Å². The molecule has 0 fully saturated rings. The number of anilines is 1. The van der Waals surface area contributed by atoms with Gasteiger partial charge in [-0.1, -0.05) is 15.9 Å². The van der Waals surface area contributed by atoms with Crippen LogP contribution in [0.15, 0.2) is 37.6 Å². The van der Waals surface area contributed by atoms with Gasteiger partial charge in [0, 0.05) is 14.5 Å². The molecule has 2 aromatic rings. The lowest BCUT2D eigenvalue weighted by molar-refractivity contribution is -0.110. The molecule has 5 heteroatoms. The third kappa shape index (κ3) is 2.28. The summed E-state index contributed by atoms with van der Waals surface area (Å²) in [6.07, 6.45) is 1.76. The normalized spacial score (nSPS) is 15.7. The Kier molecular flexibility index (Phi) is 3.11. The van der Waals surface area contributed by atoms with Crippen molar-refractivity contribution in [3.05, 3.63) is 50.3 Å². The summed E-state index contributed by atoms with van der Waals surface area (Å²) in [4.78, 5) is 12.0. The van der Waals surface area contributed by atoms with Crippen LogP contribution in [0.1, 0.15) is 17.1 Å². The second kappa shape index (κ2) is 4.65. The maximum absolute atomic E-state index is 12.0. The number of hydrogen-bond donors (Lipinski definition) is 1. The predicted molar refractivity (Wildman–Crippen MR) is 81.8 cm³/mol. The fraction of sp³-hybridized carbons (Fsp3) is 0.0714. The standard InChI is InChI=1S/C14H9Br2NO2/c1-7-2-3-9(19-7)6-11-10-4-8(15)5-12(16)13(10)17-14(11)18/h2-6H,1H3,(H,17,18)/b11-6-. The summed E-state index contributed by atoms with van der Waals surface area (Å²) in [5.74, 6) is 1.37. The zero-order valence-electron chi connectivity index (χ0n) is 9.96. The van der Waals surface area contributed by atoms with Gasteiger partial charge in [0.15, 0.2) is 0 Å². The van der Waals surface area contributed by atoms with Crippen molar-refractivity contribution in [2.24, 2.45) is 0 Å². The van der Waals surface area contributed by atoms with Crippen molar-refractivity contribution in [1.82, 2.24) is 0 Å². The van der Waals surface area contributed by atoms with E-state index in [9.17, 15) is 4.79 Å². The molecule has 1 aromatic heterocycles. The number of aryl methyl sites for hydroxylation is 1. The molecule has 0 saturated carbocycles. The molecular formula is C14H9Br2NO2. The molecule has 96 valence electrons. The van der Waals surface area contributed by atoms with Gasteiger partial charge in [0.2, 0.25) is 0 Å². The molecule has 0 saturated heterocycles. The molecule has 1 aromatic carbocycles. The number of carbonyl (C=O) groups excluding carboxylic acids is 1. The minimum absolute atomic E-state index is 0.122. The van der Waals surface area contributed by atoms with Crippen LogP contribution in [0, 0.1) is 6.92 Å². The molecule has 0 atom stereocenters. The van der Waals surface area contributed by atoms with E-state index in [0.717, 1.165) is 26.0 Å². The van der Waals surface area contributed by atoms with Crippen LogP contribution in [0.5, 0.6) is 0 Å². The Morgan fingerprint density at radius 2 is 2.05 bits per heavy atom. The van der Waals surface area contributed by atoms with Gasteiger partial charge in [0.05, 0.1) is 11.3 Å². The number of nitrogens with one attached hydrogen (secondary N) is 1. The number of furan rings is 1. The average Bonchev–Trinajstić information content (AvgIpc) is 2.87. The van der Waals surface area contributed by atoms with Crippen molar-refractivity contribution in [2.75, 3.05) is 5.32 Å². The number of benzene rings is 1. The van der Waals surface area contributed by atoms with Crippen molar-refractivity contribution < 1.29 is 9.21 Å². The van der Waals surface area contributed by atoms with Crippen molar-refractivity contribution in [1.29, 1.82) is 0 Å². The van der Waals surface area contributed by atoms with Crippen LogP contribution < -0.4 is 5.32 Å². The third-order valence-corrected chi connectivity index (χ3v) is 3.96. The molecule has 0 spiro atoms. The van der Waals surface area contributed by atoms with E-state index in [1.165, 1.54) is 0 Å².